The highest BCUT2D eigenvalue weighted by atomic mass is 35.5. The zero-order valence-corrected chi connectivity index (χ0v) is 10.8. The van der Waals surface area contributed by atoms with Gasteiger partial charge in [0, 0.05) is 13.3 Å². The number of phenols is 1. The van der Waals surface area contributed by atoms with Crippen molar-refractivity contribution in [2.45, 2.75) is 26.3 Å². The lowest BCUT2D eigenvalue weighted by Gasteiger charge is -2.14. The summed E-state index contributed by atoms with van der Waals surface area (Å²) < 4.78 is 0. The number of hydrogen-bond donors (Lipinski definition) is 3. The molecule has 1 aromatic rings. The number of aromatic hydroxyl groups is 1. The number of carboxylic acids is 1. The lowest BCUT2D eigenvalue weighted by molar-refractivity contribution is -0.141. The third kappa shape index (κ3) is 3.63. The molecule has 0 bridgehead atoms. The fourth-order valence-electron chi connectivity index (χ4n) is 1.61. The summed E-state index contributed by atoms with van der Waals surface area (Å²) in [6.07, 6.45) is 0.107. The predicted molar refractivity (Wildman–Crippen MR) is 66.8 cm³/mol. The molecule has 5 nitrogen and oxygen atoms in total. The van der Waals surface area contributed by atoms with E-state index in [4.69, 9.17) is 16.7 Å². The summed E-state index contributed by atoms with van der Waals surface area (Å²) in [5, 5.41) is 21.0. The minimum absolute atomic E-state index is 0.0215. The van der Waals surface area contributed by atoms with E-state index in [1.54, 1.807) is 13.0 Å². The average molecular weight is 272 g/mol. The van der Waals surface area contributed by atoms with Crippen molar-refractivity contribution in [3.63, 3.8) is 0 Å². The summed E-state index contributed by atoms with van der Waals surface area (Å²) in [6, 6.07) is 2.11. The number of halogens is 1. The van der Waals surface area contributed by atoms with E-state index in [1.165, 1.54) is 13.0 Å². The fourth-order valence-corrected chi connectivity index (χ4v) is 1.90. The number of aliphatic carboxylic acids is 1. The molecule has 0 fully saturated rings. The number of phenolic OH excluding ortho intramolecular Hbond substituents is 1. The molecule has 1 amide bonds. The Labute approximate surface area is 109 Å². The Bertz CT molecular complexity index is 464. The minimum Gasteiger partial charge on any atom is -0.506 e. The van der Waals surface area contributed by atoms with Crippen LogP contribution in [0.2, 0.25) is 5.02 Å². The first-order valence-electron chi connectivity index (χ1n) is 5.29. The molecule has 0 radical (unpaired) electrons. The van der Waals surface area contributed by atoms with Crippen molar-refractivity contribution in [2.24, 2.45) is 0 Å². The highest BCUT2D eigenvalue weighted by Crippen LogP contribution is 2.28. The number of benzene rings is 1. The van der Waals surface area contributed by atoms with Crippen molar-refractivity contribution in [1.82, 2.24) is 5.32 Å². The Balaban J connectivity index is 2.94. The molecule has 0 unspecified atom stereocenters. The second-order valence-electron chi connectivity index (χ2n) is 4.04. The maximum atomic E-state index is 11.0. The number of amides is 1. The molecular weight excluding hydrogens is 258 g/mol. The maximum Gasteiger partial charge on any atom is 0.326 e. The Kier molecular flexibility index (Phi) is 4.55. The van der Waals surface area contributed by atoms with Gasteiger partial charge in [-0.1, -0.05) is 17.7 Å². The van der Waals surface area contributed by atoms with Gasteiger partial charge in [0.05, 0.1) is 5.02 Å². The van der Waals surface area contributed by atoms with Crippen LogP contribution in [0.15, 0.2) is 12.1 Å². The van der Waals surface area contributed by atoms with Crippen LogP contribution in [0.25, 0.3) is 0 Å². The van der Waals surface area contributed by atoms with E-state index in [0.717, 1.165) is 0 Å². The predicted octanol–water partition coefficient (Wildman–Crippen LogP) is 1.49. The van der Waals surface area contributed by atoms with Crippen LogP contribution in [-0.4, -0.2) is 28.1 Å². The van der Waals surface area contributed by atoms with Crippen molar-refractivity contribution in [1.29, 1.82) is 0 Å². The third-order valence-electron chi connectivity index (χ3n) is 2.43. The molecule has 1 rings (SSSR count). The molecule has 0 heterocycles. The van der Waals surface area contributed by atoms with Crippen LogP contribution < -0.4 is 5.32 Å². The number of hydrogen-bond acceptors (Lipinski definition) is 3. The van der Waals surface area contributed by atoms with Crippen LogP contribution in [-0.2, 0) is 16.0 Å². The minimum atomic E-state index is -1.12. The van der Waals surface area contributed by atoms with E-state index in [0.29, 0.717) is 11.1 Å². The Morgan fingerprint density at radius 2 is 2.06 bits per heavy atom. The molecule has 3 N–H and O–H groups in total. The Morgan fingerprint density at radius 3 is 2.50 bits per heavy atom. The first-order chi connectivity index (χ1) is 8.31. The normalized spacial score (nSPS) is 11.9. The van der Waals surface area contributed by atoms with Crippen molar-refractivity contribution < 1.29 is 19.8 Å². The van der Waals surface area contributed by atoms with Gasteiger partial charge in [-0.2, -0.15) is 0 Å². The largest absolute Gasteiger partial charge is 0.506 e. The van der Waals surface area contributed by atoms with Gasteiger partial charge >= 0.3 is 5.97 Å². The van der Waals surface area contributed by atoms with Gasteiger partial charge in [-0.15, -0.1) is 0 Å². The molecule has 0 aliphatic rings. The number of carboxylic acid groups (broad SMARTS) is 1. The van der Waals surface area contributed by atoms with Crippen molar-refractivity contribution in [3.8, 4) is 5.75 Å². The van der Waals surface area contributed by atoms with Crippen LogP contribution in [0.1, 0.15) is 18.1 Å². The summed E-state index contributed by atoms with van der Waals surface area (Å²) in [4.78, 5) is 21.9. The van der Waals surface area contributed by atoms with Gasteiger partial charge in [0.2, 0.25) is 5.91 Å². The van der Waals surface area contributed by atoms with Gasteiger partial charge in [0.15, 0.2) is 0 Å². The smallest absolute Gasteiger partial charge is 0.326 e. The van der Waals surface area contributed by atoms with Gasteiger partial charge in [0.1, 0.15) is 11.8 Å². The summed E-state index contributed by atoms with van der Waals surface area (Å²) in [5.41, 5.74) is 1.20. The quantitative estimate of drug-likeness (QED) is 0.774. The van der Waals surface area contributed by atoms with Crippen molar-refractivity contribution in [2.75, 3.05) is 0 Å². The molecule has 0 aromatic heterocycles. The first kappa shape index (κ1) is 14.3. The van der Waals surface area contributed by atoms with E-state index in [2.05, 4.69) is 5.32 Å². The van der Waals surface area contributed by atoms with Crippen LogP contribution in [0.5, 0.6) is 5.75 Å². The second-order valence-corrected chi connectivity index (χ2v) is 4.45. The van der Waals surface area contributed by atoms with Gasteiger partial charge < -0.3 is 15.5 Å². The standard InChI is InChI=1S/C12H14ClNO4/c1-6-3-8(4-9(13)11(6)16)5-10(12(17)18)14-7(2)15/h3-4,10,16H,5H2,1-2H3,(H,14,15)(H,17,18)/t10-/m1/s1. The SMILES string of the molecule is CC(=O)N[C@H](Cc1cc(C)c(O)c(Cl)c1)C(=O)O. The molecule has 6 heteroatoms. The van der Waals surface area contributed by atoms with E-state index < -0.39 is 17.9 Å². The summed E-state index contributed by atoms with van der Waals surface area (Å²) in [6.45, 7) is 2.92. The highest BCUT2D eigenvalue weighted by Gasteiger charge is 2.19. The molecular formula is C12H14ClNO4. The molecule has 1 atom stereocenters. The Hall–Kier alpha value is -1.75. The fraction of sp³-hybridized carbons (Fsp3) is 0.333. The van der Waals surface area contributed by atoms with E-state index >= 15 is 0 Å². The summed E-state index contributed by atoms with van der Waals surface area (Å²) >= 11 is 5.80. The van der Waals surface area contributed by atoms with Crippen LogP contribution in [0, 0.1) is 6.92 Å². The second kappa shape index (κ2) is 5.73. The van der Waals surface area contributed by atoms with Crippen molar-refractivity contribution in [3.05, 3.63) is 28.3 Å². The lowest BCUT2D eigenvalue weighted by Crippen LogP contribution is -2.41. The molecule has 0 aliphatic heterocycles. The molecule has 18 heavy (non-hydrogen) atoms. The third-order valence-corrected chi connectivity index (χ3v) is 2.72. The van der Waals surface area contributed by atoms with Gasteiger partial charge in [-0.05, 0) is 24.1 Å². The zero-order valence-electron chi connectivity index (χ0n) is 10.0. The van der Waals surface area contributed by atoms with Gasteiger partial charge in [-0.25, -0.2) is 4.79 Å². The number of aryl methyl sites for hydroxylation is 1. The van der Waals surface area contributed by atoms with Crippen LogP contribution in [0.3, 0.4) is 0 Å². The van der Waals surface area contributed by atoms with E-state index in [1.807, 2.05) is 0 Å². The van der Waals surface area contributed by atoms with E-state index in [9.17, 15) is 14.7 Å². The van der Waals surface area contributed by atoms with Crippen LogP contribution >= 0.6 is 11.6 Å². The van der Waals surface area contributed by atoms with Crippen LogP contribution in [0.4, 0.5) is 0 Å². The Morgan fingerprint density at radius 1 is 1.44 bits per heavy atom. The summed E-state index contributed by atoms with van der Waals surface area (Å²) in [5.74, 6) is -1.55. The molecule has 0 aliphatic carbocycles. The van der Waals surface area contributed by atoms with Gasteiger partial charge in [-0.3, -0.25) is 4.79 Å². The number of carbonyl (C=O) groups is 2. The van der Waals surface area contributed by atoms with Gasteiger partial charge in [0.25, 0.3) is 0 Å². The number of rotatable bonds is 4. The van der Waals surface area contributed by atoms with E-state index in [-0.39, 0.29) is 17.2 Å². The first-order valence-corrected chi connectivity index (χ1v) is 5.67. The lowest BCUT2D eigenvalue weighted by atomic mass is 10.0. The summed E-state index contributed by atoms with van der Waals surface area (Å²) in [7, 11) is 0. The average Bonchev–Trinajstić information content (AvgIpc) is 2.24. The number of carbonyl (C=O) groups excluding carboxylic acids is 1. The molecule has 1 aromatic carbocycles. The maximum absolute atomic E-state index is 11.0. The highest BCUT2D eigenvalue weighted by molar-refractivity contribution is 6.32. The molecule has 0 saturated carbocycles. The molecule has 0 spiro atoms. The zero-order chi connectivity index (χ0) is 13.9. The van der Waals surface area contributed by atoms with Crippen molar-refractivity contribution >= 4 is 23.5 Å². The topological polar surface area (TPSA) is 86.6 Å². The molecule has 98 valence electrons. The molecule has 0 saturated heterocycles. The monoisotopic (exact) mass is 271 g/mol. The number of nitrogens with one attached hydrogen (secondary N) is 1.